The molecule has 0 bridgehead atoms. The highest BCUT2D eigenvalue weighted by molar-refractivity contribution is 6.30. The van der Waals surface area contributed by atoms with Crippen molar-refractivity contribution < 1.29 is 5.11 Å². The molecule has 1 saturated heterocycles. The van der Waals surface area contributed by atoms with Gasteiger partial charge in [-0.1, -0.05) is 23.7 Å². The van der Waals surface area contributed by atoms with Gasteiger partial charge in [0.15, 0.2) is 0 Å². The molecule has 0 amide bonds. The number of fused-ring (bicyclic) bond motifs is 1. The molecule has 1 unspecified atom stereocenters. The largest absolute Gasteiger partial charge is 0.391 e. The third-order valence-corrected chi connectivity index (χ3v) is 4.47. The molecule has 0 saturated carbocycles. The maximum atomic E-state index is 12.9. The molecule has 24 heavy (non-hydrogen) atoms. The Morgan fingerprint density at radius 1 is 1.42 bits per heavy atom. The SMILES string of the molecule is O=c1c(Cc2cccc(Cl)c2)c(N2CCC(O)C2)nc2nc[nH]n12. The van der Waals surface area contributed by atoms with Crippen LogP contribution >= 0.6 is 11.6 Å². The number of anilines is 1. The van der Waals surface area contributed by atoms with E-state index in [9.17, 15) is 9.90 Å². The van der Waals surface area contributed by atoms with Gasteiger partial charge in [-0.05, 0) is 24.1 Å². The average Bonchev–Trinajstić information content (AvgIpc) is 3.19. The van der Waals surface area contributed by atoms with E-state index in [1.807, 2.05) is 23.1 Å². The lowest BCUT2D eigenvalue weighted by molar-refractivity contribution is 0.198. The Labute approximate surface area is 142 Å². The number of nitrogens with zero attached hydrogens (tertiary/aromatic N) is 4. The fourth-order valence-corrected chi connectivity index (χ4v) is 3.30. The smallest absolute Gasteiger partial charge is 0.279 e. The molecule has 1 aromatic carbocycles. The first-order valence-electron chi connectivity index (χ1n) is 7.74. The number of aromatic nitrogens is 4. The van der Waals surface area contributed by atoms with Crippen LogP contribution in [0.4, 0.5) is 5.82 Å². The van der Waals surface area contributed by atoms with Crippen LogP contribution < -0.4 is 10.5 Å². The summed E-state index contributed by atoms with van der Waals surface area (Å²) in [4.78, 5) is 23.4. The minimum Gasteiger partial charge on any atom is -0.391 e. The van der Waals surface area contributed by atoms with Crippen LogP contribution in [0.25, 0.3) is 5.78 Å². The topological polar surface area (TPSA) is 86.5 Å². The van der Waals surface area contributed by atoms with Crippen LogP contribution in [-0.4, -0.2) is 43.9 Å². The van der Waals surface area contributed by atoms with E-state index in [0.717, 1.165) is 5.56 Å². The first-order chi connectivity index (χ1) is 11.6. The molecule has 7 nitrogen and oxygen atoms in total. The molecule has 0 radical (unpaired) electrons. The van der Waals surface area contributed by atoms with Gasteiger partial charge >= 0.3 is 0 Å². The normalized spacial score (nSPS) is 17.8. The van der Waals surface area contributed by atoms with Crippen molar-refractivity contribution in [1.82, 2.24) is 19.6 Å². The van der Waals surface area contributed by atoms with E-state index in [2.05, 4.69) is 15.1 Å². The third kappa shape index (κ3) is 2.65. The highest BCUT2D eigenvalue weighted by atomic mass is 35.5. The van der Waals surface area contributed by atoms with Crippen molar-refractivity contribution in [2.75, 3.05) is 18.0 Å². The number of halogens is 1. The van der Waals surface area contributed by atoms with Gasteiger partial charge in [-0.2, -0.15) is 9.50 Å². The van der Waals surface area contributed by atoms with Crippen LogP contribution in [-0.2, 0) is 6.42 Å². The van der Waals surface area contributed by atoms with Gasteiger partial charge in [0.05, 0.1) is 11.7 Å². The minimum atomic E-state index is -0.400. The van der Waals surface area contributed by atoms with Crippen molar-refractivity contribution in [2.24, 2.45) is 0 Å². The van der Waals surface area contributed by atoms with Gasteiger partial charge in [0, 0.05) is 24.5 Å². The van der Waals surface area contributed by atoms with Crippen molar-refractivity contribution in [3.8, 4) is 0 Å². The highest BCUT2D eigenvalue weighted by Gasteiger charge is 2.26. The van der Waals surface area contributed by atoms with Crippen molar-refractivity contribution in [1.29, 1.82) is 0 Å². The summed E-state index contributed by atoms with van der Waals surface area (Å²) in [5, 5.41) is 13.2. The van der Waals surface area contributed by atoms with E-state index in [-0.39, 0.29) is 5.56 Å². The van der Waals surface area contributed by atoms with Crippen LogP contribution in [0, 0.1) is 0 Å². The molecule has 4 rings (SSSR count). The molecule has 1 fully saturated rings. The Kier molecular flexibility index (Phi) is 3.74. The third-order valence-electron chi connectivity index (χ3n) is 4.24. The zero-order valence-electron chi connectivity index (χ0n) is 12.8. The lowest BCUT2D eigenvalue weighted by Gasteiger charge is -2.19. The summed E-state index contributed by atoms with van der Waals surface area (Å²) in [6.07, 6.45) is 2.12. The summed E-state index contributed by atoms with van der Waals surface area (Å²) in [6, 6.07) is 7.42. The number of β-amino-alcohol motifs (C(OH)–C–C–N with tert-alkyl or cyclic N) is 1. The molecule has 124 valence electrons. The quantitative estimate of drug-likeness (QED) is 0.745. The number of benzene rings is 1. The lowest BCUT2D eigenvalue weighted by atomic mass is 10.1. The molecular formula is C16H16ClN5O2. The summed E-state index contributed by atoms with van der Waals surface area (Å²) >= 11 is 6.06. The van der Waals surface area contributed by atoms with Gasteiger partial charge in [-0.25, -0.2) is 4.98 Å². The van der Waals surface area contributed by atoms with Gasteiger partial charge in [-0.3, -0.25) is 9.89 Å². The van der Waals surface area contributed by atoms with E-state index >= 15 is 0 Å². The predicted octanol–water partition coefficient (Wildman–Crippen LogP) is 1.23. The molecule has 1 atom stereocenters. The second-order valence-corrected chi connectivity index (χ2v) is 6.37. The molecule has 3 heterocycles. The van der Waals surface area contributed by atoms with Crippen LogP contribution in [0.15, 0.2) is 35.4 Å². The Hall–Kier alpha value is -2.38. The zero-order valence-corrected chi connectivity index (χ0v) is 13.6. The number of aromatic amines is 1. The van der Waals surface area contributed by atoms with Crippen LogP contribution in [0.5, 0.6) is 0 Å². The van der Waals surface area contributed by atoms with Gasteiger partial charge in [0.2, 0.25) is 0 Å². The van der Waals surface area contributed by atoms with Crippen LogP contribution in [0.2, 0.25) is 5.02 Å². The maximum Gasteiger partial charge on any atom is 0.279 e. The summed E-state index contributed by atoms with van der Waals surface area (Å²) in [7, 11) is 0. The Morgan fingerprint density at radius 3 is 3.04 bits per heavy atom. The second kappa shape index (κ2) is 5.92. The van der Waals surface area contributed by atoms with Crippen molar-refractivity contribution in [3.05, 3.63) is 57.1 Å². The van der Waals surface area contributed by atoms with Gasteiger partial charge in [0.25, 0.3) is 11.3 Å². The molecule has 1 aliphatic rings. The van der Waals surface area contributed by atoms with Gasteiger partial charge in [-0.15, -0.1) is 0 Å². The fraction of sp³-hybridized carbons (Fsp3) is 0.312. The van der Waals surface area contributed by atoms with E-state index in [1.165, 1.54) is 10.8 Å². The van der Waals surface area contributed by atoms with E-state index < -0.39 is 6.10 Å². The molecule has 2 aromatic heterocycles. The molecule has 8 heteroatoms. The van der Waals surface area contributed by atoms with Crippen LogP contribution in [0.3, 0.4) is 0 Å². The summed E-state index contributed by atoms with van der Waals surface area (Å²) in [6.45, 7) is 1.13. The van der Waals surface area contributed by atoms with Crippen molar-refractivity contribution >= 4 is 23.2 Å². The zero-order chi connectivity index (χ0) is 16.7. The van der Waals surface area contributed by atoms with Gasteiger partial charge < -0.3 is 10.0 Å². The highest BCUT2D eigenvalue weighted by Crippen LogP contribution is 2.24. The number of aliphatic hydroxyl groups excluding tert-OH is 1. The molecule has 1 aliphatic heterocycles. The number of H-pyrrole nitrogens is 1. The monoisotopic (exact) mass is 345 g/mol. The van der Waals surface area contributed by atoms with Gasteiger partial charge in [0.1, 0.15) is 12.1 Å². The first kappa shape index (κ1) is 15.2. The maximum absolute atomic E-state index is 12.9. The summed E-state index contributed by atoms with van der Waals surface area (Å²) in [5.74, 6) is 0.912. The Bertz CT molecular complexity index is 951. The molecule has 0 aliphatic carbocycles. The standard InChI is InChI=1S/C16H16ClN5O2/c17-11-3-1-2-10(6-11)7-13-14(21-5-4-12(23)8-21)20-16-18-9-19-22(16)15(13)24/h1-3,6,9,12,23H,4-5,7-8H2,(H,18,19,20). The average molecular weight is 346 g/mol. The second-order valence-electron chi connectivity index (χ2n) is 5.94. The number of rotatable bonds is 3. The first-order valence-corrected chi connectivity index (χ1v) is 8.12. The van der Waals surface area contributed by atoms with Crippen molar-refractivity contribution in [2.45, 2.75) is 18.9 Å². The summed E-state index contributed by atoms with van der Waals surface area (Å²) in [5.41, 5.74) is 1.31. The molecule has 0 spiro atoms. The fourth-order valence-electron chi connectivity index (χ4n) is 3.08. The van der Waals surface area contributed by atoms with E-state index in [4.69, 9.17) is 11.6 Å². The molecular weight excluding hydrogens is 330 g/mol. The Morgan fingerprint density at radius 2 is 2.29 bits per heavy atom. The van der Waals surface area contributed by atoms with Crippen LogP contribution in [0.1, 0.15) is 17.5 Å². The summed E-state index contributed by atoms with van der Waals surface area (Å²) < 4.78 is 1.33. The van der Waals surface area contributed by atoms with E-state index in [0.29, 0.717) is 48.1 Å². The number of hydrogen-bond acceptors (Lipinski definition) is 5. The molecule has 3 aromatic rings. The number of aliphatic hydroxyl groups is 1. The molecule has 2 N–H and O–H groups in total. The predicted molar refractivity (Wildman–Crippen MR) is 90.7 cm³/mol. The minimum absolute atomic E-state index is 0.186. The van der Waals surface area contributed by atoms with E-state index in [1.54, 1.807) is 6.07 Å². The number of nitrogens with one attached hydrogen (secondary N) is 1. The Balaban J connectivity index is 1.85. The van der Waals surface area contributed by atoms with Crippen molar-refractivity contribution in [3.63, 3.8) is 0 Å². The number of hydrogen-bond donors (Lipinski definition) is 2. The lowest BCUT2D eigenvalue weighted by Crippen LogP contribution is -2.29.